The smallest absolute Gasteiger partial charge is 0.286 e. The summed E-state index contributed by atoms with van der Waals surface area (Å²) in [6.45, 7) is 0.442. The van der Waals surface area contributed by atoms with E-state index in [4.69, 9.17) is 10.5 Å². The summed E-state index contributed by atoms with van der Waals surface area (Å²) in [4.78, 5) is 25.2. The number of nitrogens with one attached hydrogen (secondary N) is 1. The monoisotopic (exact) mass is 335 g/mol. The fourth-order valence-corrected chi connectivity index (χ4v) is 2.14. The summed E-state index contributed by atoms with van der Waals surface area (Å²) >= 11 is 0. The summed E-state index contributed by atoms with van der Waals surface area (Å²) in [5.74, 6) is -0.453. The van der Waals surface area contributed by atoms with Crippen LogP contribution in [0.3, 0.4) is 0 Å². The number of amides is 1. The lowest BCUT2D eigenvalue weighted by molar-refractivity contribution is 0.0989. The predicted molar refractivity (Wildman–Crippen MR) is 90.9 cm³/mol. The Morgan fingerprint density at radius 2 is 1.92 bits per heavy atom. The highest BCUT2D eigenvalue weighted by atomic mass is 16.5. The lowest BCUT2D eigenvalue weighted by atomic mass is 10.1. The minimum Gasteiger partial charge on any atom is -0.489 e. The Kier molecular flexibility index (Phi) is 4.84. The molecule has 25 heavy (non-hydrogen) atoms. The van der Waals surface area contributed by atoms with Crippen LogP contribution in [0.5, 0.6) is 5.75 Å². The Balaban J connectivity index is 1.71. The average Bonchev–Trinajstić information content (AvgIpc) is 2.63. The van der Waals surface area contributed by atoms with Crippen molar-refractivity contribution in [1.29, 1.82) is 0 Å². The molecule has 3 aromatic rings. The van der Waals surface area contributed by atoms with Crippen molar-refractivity contribution >= 4 is 5.91 Å². The van der Waals surface area contributed by atoms with Crippen molar-refractivity contribution in [2.24, 2.45) is 5.73 Å². The van der Waals surface area contributed by atoms with Crippen molar-refractivity contribution in [2.45, 2.75) is 6.61 Å². The van der Waals surface area contributed by atoms with Gasteiger partial charge in [0, 0.05) is 6.42 Å². The number of primary amides is 1. The first-order valence-electron chi connectivity index (χ1n) is 7.50. The summed E-state index contributed by atoms with van der Waals surface area (Å²) in [7, 11) is 0. The van der Waals surface area contributed by atoms with E-state index in [-0.39, 0.29) is 11.5 Å². The highest BCUT2D eigenvalue weighted by Crippen LogP contribution is 2.17. The zero-order chi connectivity index (χ0) is 17.6. The minimum atomic E-state index is -0.840. The fourth-order valence-electron chi connectivity index (χ4n) is 2.14. The van der Waals surface area contributed by atoms with Gasteiger partial charge < -0.3 is 10.5 Å². The number of H-pyrrole nitrogens is 1. The number of benzene rings is 2. The number of nitrogens with two attached hydrogens (primary N) is 1. The first-order chi connectivity index (χ1) is 12.1. The molecule has 1 radical (unpaired) electrons. The maximum atomic E-state index is 11.9. The summed E-state index contributed by atoms with van der Waals surface area (Å²) < 4.78 is 5.75. The summed E-state index contributed by atoms with van der Waals surface area (Å²) in [5.41, 5.74) is 6.36. The quantitative estimate of drug-likeness (QED) is 0.708. The molecule has 0 fully saturated rings. The summed E-state index contributed by atoms with van der Waals surface area (Å²) in [6.07, 6.45) is 1.55. The zero-order valence-corrected chi connectivity index (χ0v) is 13.2. The van der Waals surface area contributed by atoms with Crippen LogP contribution in [0.4, 0.5) is 0 Å². The van der Waals surface area contributed by atoms with Gasteiger partial charge in [-0.2, -0.15) is 0 Å². The number of rotatable bonds is 6. The molecule has 0 aliphatic carbocycles. The van der Waals surface area contributed by atoms with Crippen LogP contribution in [0.1, 0.15) is 27.4 Å². The molecule has 0 atom stereocenters. The number of carbonyl (C=O) groups is 1. The van der Waals surface area contributed by atoms with Gasteiger partial charge in [0.05, 0.1) is 0 Å². The maximum absolute atomic E-state index is 11.9. The number of nitrogens with zero attached hydrogens (tertiary/aromatic N) is 2. The lowest BCUT2D eigenvalue weighted by Gasteiger charge is -2.08. The van der Waals surface area contributed by atoms with Crippen LogP contribution in [0.25, 0.3) is 0 Å². The van der Waals surface area contributed by atoms with E-state index in [1.165, 1.54) is 0 Å². The molecule has 1 heterocycles. The molecular weight excluding hydrogens is 320 g/mol. The molecule has 125 valence electrons. The molecule has 7 heteroatoms. The third-order valence-corrected chi connectivity index (χ3v) is 3.37. The Labute approximate surface area is 143 Å². The van der Waals surface area contributed by atoms with Crippen molar-refractivity contribution in [3.63, 3.8) is 0 Å². The van der Waals surface area contributed by atoms with Crippen molar-refractivity contribution in [3.8, 4) is 5.75 Å². The molecule has 2 aromatic carbocycles. The van der Waals surface area contributed by atoms with Crippen molar-refractivity contribution in [2.75, 3.05) is 0 Å². The van der Waals surface area contributed by atoms with Crippen molar-refractivity contribution in [3.05, 3.63) is 94.0 Å². The molecule has 1 aromatic heterocycles. The molecular formula is C18H15N4O3. The molecule has 1 amide bonds. The predicted octanol–water partition coefficient (Wildman–Crippen LogP) is 1.44. The Bertz CT molecular complexity index is 938. The molecule has 0 saturated carbocycles. The van der Waals surface area contributed by atoms with Crippen molar-refractivity contribution in [1.82, 2.24) is 15.2 Å². The van der Waals surface area contributed by atoms with Crippen molar-refractivity contribution < 1.29 is 9.53 Å². The average molecular weight is 335 g/mol. The van der Waals surface area contributed by atoms with Gasteiger partial charge in [-0.05, 0) is 23.3 Å². The Hall–Kier alpha value is -3.48. The SMILES string of the molecule is NC(=O)c1nnc([CH]c2cccc(OCc3ccccc3)c2)c(=O)[nH]1. The van der Waals surface area contributed by atoms with Crippen LogP contribution in [0.2, 0.25) is 0 Å². The molecule has 7 nitrogen and oxygen atoms in total. The van der Waals surface area contributed by atoms with Gasteiger partial charge in [-0.25, -0.2) is 0 Å². The zero-order valence-electron chi connectivity index (χ0n) is 13.2. The topological polar surface area (TPSA) is 111 Å². The lowest BCUT2D eigenvalue weighted by Crippen LogP contribution is -2.24. The Morgan fingerprint density at radius 1 is 1.12 bits per heavy atom. The van der Waals surface area contributed by atoms with Gasteiger partial charge in [0.15, 0.2) is 0 Å². The molecule has 0 saturated heterocycles. The van der Waals surface area contributed by atoms with E-state index in [1.807, 2.05) is 42.5 Å². The van der Waals surface area contributed by atoms with Crippen LogP contribution < -0.4 is 16.0 Å². The number of carbonyl (C=O) groups excluding carboxylic acids is 1. The third-order valence-electron chi connectivity index (χ3n) is 3.37. The van der Waals surface area contributed by atoms with Gasteiger partial charge >= 0.3 is 0 Å². The molecule has 3 N–H and O–H groups in total. The van der Waals surface area contributed by atoms with Crippen LogP contribution in [-0.4, -0.2) is 21.1 Å². The molecule has 0 aliphatic rings. The second-order valence-electron chi connectivity index (χ2n) is 5.24. The molecule has 0 bridgehead atoms. The first kappa shape index (κ1) is 16.4. The van der Waals surface area contributed by atoms with E-state index >= 15 is 0 Å². The number of hydrogen-bond donors (Lipinski definition) is 2. The van der Waals surface area contributed by atoms with Gasteiger partial charge in [0.1, 0.15) is 18.1 Å². The number of hydrogen-bond acceptors (Lipinski definition) is 5. The van der Waals surface area contributed by atoms with E-state index in [2.05, 4.69) is 15.2 Å². The normalized spacial score (nSPS) is 10.4. The Morgan fingerprint density at radius 3 is 2.64 bits per heavy atom. The highest BCUT2D eigenvalue weighted by molar-refractivity contribution is 5.88. The van der Waals surface area contributed by atoms with Crippen LogP contribution in [0.15, 0.2) is 59.4 Å². The largest absolute Gasteiger partial charge is 0.489 e. The number of aromatic amines is 1. The van der Waals surface area contributed by atoms with E-state index in [0.29, 0.717) is 12.4 Å². The fraction of sp³-hybridized carbons (Fsp3) is 0.0556. The first-order valence-corrected chi connectivity index (χ1v) is 7.50. The third kappa shape index (κ3) is 4.29. The second-order valence-corrected chi connectivity index (χ2v) is 5.24. The molecule has 0 spiro atoms. The van der Waals surface area contributed by atoms with Gasteiger partial charge in [-0.1, -0.05) is 42.5 Å². The van der Waals surface area contributed by atoms with E-state index in [1.54, 1.807) is 18.6 Å². The van der Waals surface area contributed by atoms with Gasteiger partial charge in [-0.15, -0.1) is 10.2 Å². The maximum Gasteiger partial charge on any atom is 0.286 e. The highest BCUT2D eigenvalue weighted by Gasteiger charge is 2.10. The van der Waals surface area contributed by atoms with E-state index < -0.39 is 11.5 Å². The van der Waals surface area contributed by atoms with Gasteiger partial charge in [0.25, 0.3) is 11.5 Å². The van der Waals surface area contributed by atoms with Crippen LogP contribution in [-0.2, 0) is 6.61 Å². The molecule has 0 unspecified atom stereocenters. The number of ether oxygens (including phenoxy) is 1. The summed E-state index contributed by atoms with van der Waals surface area (Å²) in [5, 5.41) is 7.32. The van der Waals surface area contributed by atoms with E-state index in [0.717, 1.165) is 11.1 Å². The standard InChI is InChI=1S/C18H15N4O3/c19-16(23)17-20-18(24)15(21-22-17)10-13-7-4-8-14(9-13)25-11-12-5-2-1-3-6-12/h1-10H,11H2,(H2,19,23)(H,20,22,24). The van der Waals surface area contributed by atoms with E-state index in [9.17, 15) is 9.59 Å². The van der Waals surface area contributed by atoms with Crippen LogP contribution >= 0.6 is 0 Å². The number of aromatic nitrogens is 3. The van der Waals surface area contributed by atoms with Crippen LogP contribution in [0, 0.1) is 6.42 Å². The molecule has 0 aliphatic heterocycles. The minimum absolute atomic E-state index is 0.0743. The van der Waals surface area contributed by atoms with Gasteiger partial charge in [-0.3, -0.25) is 14.6 Å². The second kappa shape index (κ2) is 7.39. The summed E-state index contributed by atoms with van der Waals surface area (Å²) in [6, 6.07) is 17.0. The molecule has 3 rings (SSSR count). The van der Waals surface area contributed by atoms with Gasteiger partial charge in [0.2, 0.25) is 5.82 Å².